The minimum Gasteiger partial charge on any atom is -0.508 e. The predicted molar refractivity (Wildman–Crippen MR) is 192 cm³/mol. The summed E-state index contributed by atoms with van der Waals surface area (Å²) in [5.41, 5.74) is 6.93. The maximum absolute atomic E-state index is 12.9. The van der Waals surface area contributed by atoms with Crippen molar-refractivity contribution < 1.29 is 38.4 Å². The first-order valence-electron chi connectivity index (χ1n) is 17.3. The van der Waals surface area contributed by atoms with E-state index in [9.17, 15) is 19.5 Å². The predicted octanol–water partition coefficient (Wildman–Crippen LogP) is 6.01. The van der Waals surface area contributed by atoms with Gasteiger partial charge in [-0.25, -0.2) is 0 Å². The molecule has 264 valence electrons. The van der Waals surface area contributed by atoms with Crippen LogP contribution in [-0.4, -0.2) is 73.4 Å². The number of phenols is 1. The molecule has 1 atom stereocenters. The highest BCUT2D eigenvalue weighted by molar-refractivity contribution is 6.05. The Morgan fingerprint density at radius 2 is 1.35 bits per heavy atom. The maximum Gasteiger partial charge on any atom is 0.255 e. The number of allylic oxidation sites excluding steroid dienone is 1. The molecule has 10 heteroatoms. The Balaban J connectivity index is 0.898. The Hall–Kier alpha value is -5.45. The minimum absolute atomic E-state index is 0.212. The van der Waals surface area contributed by atoms with Crippen LogP contribution in [0, 0.1) is 0 Å². The van der Waals surface area contributed by atoms with Crippen molar-refractivity contribution in [2.75, 3.05) is 39.6 Å². The monoisotopic (exact) mass is 690 g/mol. The van der Waals surface area contributed by atoms with Gasteiger partial charge >= 0.3 is 0 Å². The van der Waals surface area contributed by atoms with Gasteiger partial charge in [0.1, 0.15) is 36.5 Å². The van der Waals surface area contributed by atoms with Crippen LogP contribution in [0.25, 0.3) is 11.1 Å². The quantitative estimate of drug-likeness (QED) is 0.0833. The first-order valence-corrected chi connectivity index (χ1v) is 17.3. The molecule has 2 aliphatic heterocycles. The second kappa shape index (κ2) is 17.0. The highest BCUT2D eigenvalue weighted by Crippen LogP contribution is 2.36. The molecule has 0 saturated carbocycles. The molecule has 1 unspecified atom stereocenters. The lowest BCUT2D eigenvalue weighted by Gasteiger charge is -2.29. The molecule has 6 rings (SSSR count). The summed E-state index contributed by atoms with van der Waals surface area (Å²) in [6, 6.07) is 30.3. The van der Waals surface area contributed by atoms with E-state index in [1.54, 1.807) is 24.3 Å². The van der Waals surface area contributed by atoms with E-state index < -0.39 is 11.9 Å². The molecule has 4 aromatic carbocycles. The number of phenolic OH excluding ortho intramolecular Hbond substituents is 1. The highest BCUT2D eigenvalue weighted by atomic mass is 16.6. The number of hydrogen-bond donors (Lipinski definition) is 2. The van der Waals surface area contributed by atoms with Crippen LogP contribution in [0.5, 0.6) is 17.2 Å². The van der Waals surface area contributed by atoms with Gasteiger partial charge in [0, 0.05) is 18.5 Å². The molecule has 2 heterocycles. The van der Waals surface area contributed by atoms with Crippen molar-refractivity contribution in [2.24, 2.45) is 0 Å². The molecule has 0 aliphatic carbocycles. The van der Waals surface area contributed by atoms with Gasteiger partial charge in [0.25, 0.3) is 5.91 Å². The number of piperidine rings is 1. The molecule has 10 nitrogen and oxygen atoms in total. The lowest BCUT2D eigenvalue weighted by atomic mass is 9.88. The van der Waals surface area contributed by atoms with E-state index in [0.29, 0.717) is 63.9 Å². The van der Waals surface area contributed by atoms with Crippen molar-refractivity contribution in [1.29, 1.82) is 0 Å². The molecule has 0 spiro atoms. The van der Waals surface area contributed by atoms with Crippen LogP contribution in [0.3, 0.4) is 0 Å². The van der Waals surface area contributed by atoms with Gasteiger partial charge in [-0.1, -0.05) is 61.5 Å². The van der Waals surface area contributed by atoms with E-state index in [4.69, 9.17) is 18.9 Å². The molecule has 1 saturated heterocycles. The fraction of sp³-hybridized carbons (Fsp3) is 0.293. The summed E-state index contributed by atoms with van der Waals surface area (Å²) in [5, 5.41) is 12.2. The second-order valence-corrected chi connectivity index (χ2v) is 12.3. The highest BCUT2D eigenvalue weighted by Gasteiger charge is 2.39. The number of carbonyl (C=O) groups is 3. The van der Waals surface area contributed by atoms with Crippen LogP contribution in [0.2, 0.25) is 0 Å². The Bertz CT molecular complexity index is 1860. The number of imide groups is 1. The summed E-state index contributed by atoms with van der Waals surface area (Å²) in [6.45, 7) is 4.79. The third-order valence-corrected chi connectivity index (χ3v) is 8.94. The molecule has 1 fully saturated rings. The fourth-order valence-corrected chi connectivity index (χ4v) is 6.43. The number of nitrogens with one attached hydrogen (secondary N) is 1. The van der Waals surface area contributed by atoms with E-state index in [0.717, 1.165) is 40.0 Å². The lowest BCUT2D eigenvalue weighted by molar-refractivity contribution is -0.136. The minimum atomic E-state index is -0.644. The van der Waals surface area contributed by atoms with Gasteiger partial charge in [-0.2, -0.15) is 0 Å². The van der Waals surface area contributed by atoms with E-state index in [2.05, 4.69) is 36.5 Å². The lowest BCUT2D eigenvalue weighted by Crippen LogP contribution is -2.52. The number of benzene rings is 4. The van der Waals surface area contributed by atoms with Crippen molar-refractivity contribution in [3.05, 3.63) is 125 Å². The normalized spacial score (nSPS) is 16.1. The van der Waals surface area contributed by atoms with Crippen molar-refractivity contribution >= 4 is 28.9 Å². The molecular weight excluding hydrogens is 648 g/mol. The van der Waals surface area contributed by atoms with E-state index >= 15 is 0 Å². The van der Waals surface area contributed by atoms with E-state index in [1.807, 2.05) is 48.5 Å². The van der Waals surface area contributed by atoms with E-state index in [-0.39, 0.29) is 24.0 Å². The van der Waals surface area contributed by atoms with Gasteiger partial charge < -0.3 is 29.0 Å². The standard InChI is InChI=1S/C41H42N2O8/c1-2-35(28-6-4-3-5-7-28)39(29-8-12-32(44)13-9-29)30-10-14-33(15-11-30)50-24-22-48-20-21-49-23-25-51-34-16-17-36-31(26-34)27-43(41(36)47)37-18-19-38(45)42-40(37)46/h3-17,26,37,44H,2,18-25,27H2,1H3,(H,42,45,46). The Morgan fingerprint density at radius 1 is 0.745 bits per heavy atom. The molecule has 0 radical (unpaired) electrons. The summed E-state index contributed by atoms with van der Waals surface area (Å²) >= 11 is 0. The number of aromatic hydroxyl groups is 1. The van der Waals surface area contributed by atoms with Gasteiger partial charge in [0.05, 0.1) is 26.4 Å². The molecule has 2 aliphatic rings. The number of nitrogens with zero attached hydrogens (tertiary/aromatic N) is 1. The maximum atomic E-state index is 12.9. The van der Waals surface area contributed by atoms with Crippen molar-refractivity contribution in [2.45, 2.75) is 38.8 Å². The van der Waals surface area contributed by atoms with Crippen LogP contribution in [0.4, 0.5) is 0 Å². The number of hydrogen-bond acceptors (Lipinski definition) is 8. The van der Waals surface area contributed by atoms with Gasteiger partial charge in [-0.3, -0.25) is 19.7 Å². The smallest absolute Gasteiger partial charge is 0.255 e. The van der Waals surface area contributed by atoms with Crippen LogP contribution >= 0.6 is 0 Å². The Morgan fingerprint density at radius 3 is 2.00 bits per heavy atom. The summed E-state index contributed by atoms with van der Waals surface area (Å²) in [5.74, 6) is 0.651. The van der Waals surface area contributed by atoms with Gasteiger partial charge in [0.15, 0.2) is 0 Å². The van der Waals surface area contributed by atoms with Crippen LogP contribution < -0.4 is 14.8 Å². The first-order chi connectivity index (χ1) is 24.9. The average molecular weight is 691 g/mol. The topological polar surface area (TPSA) is 124 Å². The largest absolute Gasteiger partial charge is 0.508 e. The summed E-state index contributed by atoms with van der Waals surface area (Å²) in [6.07, 6.45) is 1.39. The average Bonchev–Trinajstić information content (AvgIpc) is 3.47. The summed E-state index contributed by atoms with van der Waals surface area (Å²) in [4.78, 5) is 38.1. The molecule has 3 amide bonds. The number of carbonyl (C=O) groups excluding carboxylic acids is 3. The fourth-order valence-electron chi connectivity index (χ4n) is 6.43. The van der Waals surface area contributed by atoms with Crippen LogP contribution in [0.15, 0.2) is 97.1 Å². The zero-order chi connectivity index (χ0) is 35.6. The SMILES string of the molecule is CCC(=C(c1ccc(O)cc1)c1ccc(OCCOCCOCCOc2ccc3c(c2)CN(C2CCC(=O)NC2=O)C3=O)cc1)c1ccccc1. The molecule has 0 aromatic heterocycles. The summed E-state index contributed by atoms with van der Waals surface area (Å²) in [7, 11) is 0. The zero-order valence-electron chi connectivity index (χ0n) is 28.6. The summed E-state index contributed by atoms with van der Waals surface area (Å²) < 4.78 is 23.1. The van der Waals surface area contributed by atoms with Gasteiger partial charge in [0.2, 0.25) is 11.8 Å². The number of amides is 3. The number of ether oxygens (including phenoxy) is 4. The molecule has 51 heavy (non-hydrogen) atoms. The number of fused-ring (bicyclic) bond motifs is 1. The molecule has 4 aromatic rings. The molecule has 0 bridgehead atoms. The zero-order valence-corrected chi connectivity index (χ0v) is 28.6. The number of rotatable bonds is 16. The third kappa shape index (κ3) is 8.83. The second-order valence-electron chi connectivity index (χ2n) is 12.3. The van der Waals surface area contributed by atoms with Crippen molar-refractivity contribution in [3.8, 4) is 17.2 Å². The van der Waals surface area contributed by atoms with Crippen molar-refractivity contribution in [3.63, 3.8) is 0 Å². The third-order valence-electron chi connectivity index (χ3n) is 8.94. The van der Waals surface area contributed by atoms with Crippen LogP contribution in [-0.2, 0) is 25.6 Å². The van der Waals surface area contributed by atoms with Crippen LogP contribution in [0.1, 0.15) is 58.8 Å². The molecular formula is C41H42N2O8. The first kappa shape index (κ1) is 35.4. The van der Waals surface area contributed by atoms with Gasteiger partial charge in [-0.05, 0) is 88.7 Å². The van der Waals surface area contributed by atoms with E-state index in [1.165, 1.54) is 10.5 Å². The van der Waals surface area contributed by atoms with Crippen molar-refractivity contribution in [1.82, 2.24) is 10.2 Å². The van der Waals surface area contributed by atoms with Gasteiger partial charge in [-0.15, -0.1) is 0 Å². The molecule has 2 N–H and O–H groups in total. The Kier molecular flexibility index (Phi) is 11.8. The Labute approximate surface area is 297 Å².